The number of halogens is 2. The van der Waals surface area contributed by atoms with Crippen LogP contribution in [0.15, 0.2) is 24.3 Å². The van der Waals surface area contributed by atoms with Crippen molar-refractivity contribution in [3.63, 3.8) is 0 Å². The van der Waals surface area contributed by atoms with E-state index in [2.05, 4.69) is 19.1 Å². The van der Waals surface area contributed by atoms with Crippen LogP contribution in [0.3, 0.4) is 0 Å². The van der Waals surface area contributed by atoms with Gasteiger partial charge in [-0.05, 0) is 49.1 Å². The van der Waals surface area contributed by atoms with E-state index in [-0.39, 0.29) is 0 Å². The van der Waals surface area contributed by atoms with E-state index in [0.717, 1.165) is 23.8 Å². The molecule has 1 saturated carbocycles. The Hall–Kier alpha value is -0.200. The van der Waals surface area contributed by atoms with Crippen molar-refractivity contribution in [2.24, 2.45) is 11.8 Å². The van der Waals surface area contributed by atoms with E-state index in [9.17, 15) is 0 Å². The first kappa shape index (κ1) is 13.2. The van der Waals surface area contributed by atoms with Crippen LogP contribution in [-0.4, -0.2) is 5.38 Å². The van der Waals surface area contributed by atoms with Crippen LogP contribution in [0, 0.1) is 11.8 Å². The van der Waals surface area contributed by atoms with Crippen LogP contribution in [0.4, 0.5) is 0 Å². The molecule has 0 aromatic heterocycles. The fourth-order valence-corrected chi connectivity index (χ4v) is 3.38. The lowest BCUT2D eigenvalue weighted by molar-refractivity contribution is 0.265. The molecule has 1 aliphatic rings. The highest BCUT2D eigenvalue weighted by Crippen LogP contribution is 2.37. The molecule has 1 aromatic rings. The van der Waals surface area contributed by atoms with Crippen molar-refractivity contribution in [3.05, 3.63) is 34.9 Å². The molecule has 0 bridgehead atoms. The third-order valence-electron chi connectivity index (χ3n) is 4.02. The van der Waals surface area contributed by atoms with Gasteiger partial charge in [0.15, 0.2) is 0 Å². The predicted octanol–water partition coefficient (Wildman–Crippen LogP) is 5.32. The monoisotopic (exact) mass is 270 g/mol. The number of alkyl halides is 1. The van der Waals surface area contributed by atoms with Crippen LogP contribution in [0.1, 0.15) is 38.2 Å². The zero-order valence-electron chi connectivity index (χ0n) is 10.3. The van der Waals surface area contributed by atoms with E-state index in [0.29, 0.717) is 11.3 Å². The minimum absolute atomic E-state index is 0.328. The molecule has 0 N–H and O–H groups in total. The van der Waals surface area contributed by atoms with Crippen LogP contribution in [0.5, 0.6) is 0 Å². The highest BCUT2D eigenvalue weighted by Gasteiger charge is 2.28. The molecule has 1 fully saturated rings. The van der Waals surface area contributed by atoms with Gasteiger partial charge in [0.25, 0.3) is 0 Å². The highest BCUT2D eigenvalue weighted by molar-refractivity contribution is 6.31. The Morgan fingerprint density at radius 2 is 2.00 bits per heavy atom. The highest BCUT2D eigenvalue weighted by atomic mass is 35.5. The van der Waals surface area contributed by atoms with Crippen molar-refractivity contribution in [1.82, 2.24) is 0 Å². The minimum atomic E-state index is 0.328. The van der Waals surface area contributed by atoms with Crippen molar-refractivity contribution >= 4 is 23.2 Å². The SMILES string of the molecule is CCC1CCC(Cl)C(Cc2ccccc2Cl)C1. The van der Waals surface area contributed by atoms with E-state index in [1.165, 1.54) is 24.8 Å². The fourth-order valence-electron chi connectivity index (χ4n) is 2.85. The zero-order chi connectivity index (χ0) is 12.3. The van der Waals surface area contributed by atoms with Crippen molar-refractivity contribution < 1.29 is 0 Å². The second kappa shape index (κ2) is 6.11. The lowest BCUT2D eigenvalue weighted by Gasteiger charge is -2.32. The second-order valence-corrected chi connectivity index (χ2v) is 6.13. The first-order valence-corrected chi connectivity index (χ1v) is 7.39. The van der Waals surface area contributed by atoms with Crippen molar-refractivity contribution in [1.29, 1.82) is 0 Å². The van der Waals surface area contributed by atoms with Crippen molar-refractivity contribution in [3.8, 4) is 0 Å². The molecule has 94 valence electrons. The molecule has 17 heavy (non-hydrogen) atoms. The van der Waals surface area contributed by atoms with Gasteiger partial charge >= 0.3 is 0 Å². The molecule has 0 heterocycles. The molecule has 2 rings (SSSR count). The molecular weight excluding hydrogens is 251 g/mol. The summed E-state index contributed by atoms with van der Waals surface area (Å²) < 4.78 is 0. The summed E-state index contributed by atoms with van der Waals surface area (Å²) >= 11 is 12.7. The van der Waals surface area contributed by atoms with E-state index < -0.39 is 0 Å². The van der Waals surface area contributed by atoms with Gasteiger partial charge in [0, 0.05) is 10.4 Å². The Balaban J connectivity index is 2.04. The lowest BCUT2D eigenvalue weighted by Crippen LogP contribution is -2.27. The molecule has 2 heteroatoms. The summed E-state index contributed by atoms with van der Waals surface area (Å²) in [5, 5.41) is 1.21. The zero-order valence-corrected chi connectivity index (χ0v) is 11.8. The van der Waals surface area contributed by atoms with Gasteiger partial charge < -0.3 is 0 Å². The van der Waals surface area contributed by atoms with Crippen LogP contribution >= 0.6 is 23.2 Å². The Morgan fingerprint density at radius 3 is 2.71 bits per heavy atom. The average Bonchev–Trinajstić information content (AvgIpc) is 2.35. The molecule has 0 nitrogen and oxygen atoms in total. The van der Waals surface area contributed by atoms with Crippen LogP contribution in [0.2, 0.25) is 5.02 Å². The number of rotatable bonds is 3. The quantitative estimate of drug-likeness (QED) is 0.653. The van der Waals surface area contributed by atoms with Gasteiger partial charge in [0.1, 0.15) is 0 Å². The summed E-state index contributed by atoms with van der Waals surface area (Å²) in [5.41, 5.74) is 1.25. The number of hydrogen-bond acceptors (Lipinski definition) is 0. The summed E-state index contributed by atoms with van der Waals surface area (Å²) in [4.78, 5) is 0. The Kier molecular flexibility index (Phi) is 4.76. The normalized spacial score (nSPS) is 29.2. The van der Waals surface area contributed by atoms with Gasteiger partial charge in [0.2, 0.25) is 0 Å². The van der Waals surface area contributed by atoms with Gasteiger partial charge in [-0.15, -0.1) is 11.6 Å². The molecule has 3 atom stereocenters. The predicted molar refractivity (Wildman–Crippen MR) is 75.9 cm³/mol. The Morgan fingerprint density at radius 1 is 1.24 bits per heavy atom. The number of benzene rings is 1. The maximum atomic E-state index is 6.46. The van der Waals surface area contributed by atoms with Crippen LogP contribution in [-0.2, 0) is 6.42 Å². The van der Waals surface area contributed by atoms with Gasteiger partial charge in [-0.3, -0.25) is 0 Å². The van der Waals surface area contributed by atoms with Crippen LogP contribution in [0.25, 0.3) is 0 Å². The molecule has 1 aliphatic carbocycles. The van der Waals surface area contributed by atoms with E-state index in [4.69, 9.17) is 23.2 Å². The summed E-state index contributed by atoms with van der Waals surface area (Å²) in [6.45, 7) is 2.28. The molecule has 3 unspecified atom stereocenters. The van der Waals surface area contributed by atoms with E-state index in [1.807, 2.05) is 12.1 Å². The van der Waals surface area contributed by atoms with Gasteiger partial charge in [-0.25, -0.2) is 0 Å². The summed E-state index contributed by atoms with van der Waals surface area (Å²) in [6.07, 6.45) is 6.03. The second-order valence-electron chi connectivity index (χ2n) is 5.16. The standard InChI is InChI=1S/C15H20Cl2/c1-2-11-7-8-15(17)13(9-11)10-12-5-3-4-6-14(12)16/h3-6,11,13,15H,2,7-10H2,1H3. The average molecular weight is 271 g/mol. The van der Waals surface area contributed by atoms with Crippen molar-refractivity contribution in [2.75, 3.05) is 0 Å². The van der Waals surface area contributed by atoms with E-state index in [1.54, 1.807) is 0 Å². The first-order valence-electron chi connectivity index (χ1n) is 6.58. The molecule has 0 amide bonds. The third-order valence-corrected chi connectivity index (χ3v) is 4.96. The smallest absolute Gasteiger partial charge is 0.0438 e. The van der Waals surface area contributed by atoms with E-state index >= 15 is 0 Å². The van der Waals surface area contributed by atoms with Crippen molar-refractivity contribution in [2.45, 2.75) is 44.4 Å². The fraction of sp³-hybridized carbons (Fsp3) is 0.600. The summed E-state index contributed by atoms with van der Waals surface area (Å²) in [5.74, 6) is 1.45. The number of hydrogen-bond donors (Lipinski definition) is 0. The Bertz CT molecular complexity index is 362. The molecule has 0 radical (unpaired) electrons. The maximum absolute atomic E-state index is 6.46. The summed E-state index contributed by atoms with van der Waals surface area (Å²) in [6, 6.07) is 8.14. The van der Waals surface area contributed by atoms with Crippen LogP contribution < -0.4 is 0 Å². The molecule has 0 saturated heterocycles. The summed E-state index contributed by atoms with van der Waals surface area (Å²) in [7, 11) is 0. The lowest BCUT2D eigenvalue weighted by atomic mass is 9.77. The Labute approximate surface area is 114 Å². The molecule has 1 aromatic carbocycles. The topological polar surface area (TPSA) is 0 Å². The molecule has 0 aliphatic heterocycles. The largest absolute Gasteiger partial charge is 0.123 e. The van der Waals surface area contributed by atoms with Gasteiger partial charge in [-0.1, -0.05) is 43.1 Å². The minimum Gasteiger partial charge on any atom is -0.123 e. The van der Waals surface area contributed by atoms with Gasteiger partial charge in [0.05, 0.1) is 0 Å². The molecular formula is C15H20Cl2. The first-order chi connectivity index (χ1) is 8.20. The maximum Gasteiger partial charge on any atom is 0.0438 e. The van der Waals surface area contributed by atoms with Gasteiger partial charge in [-0.2, -0.15) is 0 Å². The molecule has 0 spiro atoms. The third kappa shape index (κ3) is 3.39.